The molecule has 0 fully saturated rings. The predicted octanol–water partition coefficient (Wildman–Crippen LogP) is 6.30. The number of nitrogens with two attached hydrogens (primary N) is 1. The van der Waals surface area contributed by atoms with E-state index in [1.165, 1.54) is 6.08 Å². The molecule has 38 heavy (non-hydrogen) atoms. The molecular weight excluding hydrogens is 550 g/mol. The number of aliphatic hydroxyl groups excluding tert-OH is 1. The first-order valence-electron chi connectivity index (χ1n) is 12.2. The van der Waals surface area contributed by atoms with Crippen LogP contribution in [0.25, 0.3) is 0 Å². The number of rotatable bonds is 12. The molecule has 0 aliphatic rings. The molecule has 2 amide bonds. The van der Waals surface area contributed by atoms with Crippen LogP contribution < -0.4 is 21.1 Å². The van der Waals surface area contributed by atoms with Crippen LogP contribution in [-0.2, 0) is 9.53 Å². The van der Waals surface area contributed by atoms with E-state index >= 15 is 0 Å². The van der Waals surface area contributed by atoms with Gasteiger partial charge < -0.3 is 25.6 Å². The maximum atomic E-state index is 12.8. The molecule has 200 valence electrons. The fraction of sp³-hybridized carbons (Fsp3) is 0.241. The van der Waals surface area contributed by atoms with E-state index in [9.17, 15) is 9.59 Å². The van der Waals surface area contributed by atoms with Crippen LogP contribution in [0, 0.1) is 5.92 Å². The number of allylic oxidation sites excluding steroid dienone is 1. The van der Waals surface area contributed by atoms with Crippen molar-refractivity contribution in [3.63, 3.8) is 0 Å². The number of para-hydroxylation sites is 2. The molecule has 0 aromatic heterocycles. The molecule has 0 unspecified atom stereocenters. The molecule has 3 aromatic rings. The van der Waals surface area contributed by atoms with Crippen LogP contribution in [0.15, 0.2) is 89.4 Å². The van der Waals surface area contributed by atoms with Gasteiger partial charge in [-0.1, -0.05) is 53.2 Å². The summed E-state index contributed by atoms with van der Waals surface area (Å²) in [5, 5.41) is 14.6. The average Bonchev–Trinajstić information content (AvgIpc) is 2.91. The second kappa shape index (κ2) is 14.8. The highest BCUT2D eigenvalue weighted by molar-refractivity contribution is 9.10. The number of hydrogen-bond acceptors (Lipinski definition) is 6. The molecule has 0 radical (unpaired) electrons. The lowest BCUT2D eigenvalue weighted by atomic mass is 9.93. The second-order valence-corrected chi connectivity index (χ2v) is 9.55. The van der Waals surface area contributed by atoms with Gasteiger partial charge >= 0.3 is 6.09 Å². The smallest absolute Gasteiger partial charge is 0.412 e. The van der Waals surface area contributed by atoms with Gasteiger partial charge in [0.15, 0.2) is 0 Å². The number of aliphatic hydroxyl groups is 1. The summed E-state index contributed by atoms with van der Waals surface area (Å²) in [4.78, 5) is 25.0. The maximum absolute atomic E-state index is 12.8. The zero-order chi connectivity index (χ0) is 27.3. The Hall–Kier alpha value is -3.82. The van der Waals surface area contributed by atoms with E-state index in [1.54, 1.807) is 54.6 Å². The molecule has 0 saturated heterocycles. The molecule has 0 aliphatic heterocycles. The van der Waals surface area contributed by atoms with Gasteiger partial charge in [0.1, 0.15) is 18.5 Å². The van der Waals surface area contributed by atoms with Gasteiger partial charge in [-0.05, 0) is 78.9 Å². The van der Waals surface area contributed by atoms with Crippen molar-refractivity contribution in [2.24, 2.45) is 5.92 Å². The first kappa shape index (κ1) is 28.7. The van der Waals surface area contributed by atoms with Crippen LogP contribution >= 0.6 is 15.9 Å². The SMILES string of the molecule is C[C@@H](CC/C=C/C(=O)Nc1ccccc1N)[C@H](OC(=O)Nc1ccc(Br)cc1)c1cccc(OCCO)c1. The van der Waals surface area contributed by atoms with Gasteiger partial charge in [-0.3, -0.25) is 10.1 Å². The van der Waals surface area contributed by atoms with Gasteiger partial charge in [-0.15, -0.1) is 0 Å². The number of carbonyl (C=O) groups excluding carboxylic acids is 2. The van der Waals surface area contributed by atoms with Crippen molar-refractivity contribution in [2.45, 2.75) is 25.9 Å². The highest BCUT2D eigenvalue weighted by Gasteiger charge is 2.24. The molecule has 2 atom stereocenters. The van der Waals surface area contributed by atoms with Crippen LogP contribution in [-0.4, -0.2) is 30.3 Å². The number of anilines is 3. The highest BCUT2D eigenvalue weighted by atomic mass is 79.9. The minimum atomic E-state index is -0.582. The standard InChI is InChI=1S/C29H32BrN3O5/c1-20(7-2-5-12-27(35)33-26-11-4-3-10-25(26)31)28(21-8-6-9-24(19-21)37-18-17-34)38-29(36)32-23-15-13-22(30)14-16-23/h3-6,8-16,19-20,28,34H,2,7,17-18,31H2,1H3,(H,32,36)(H,33,35)/b12-5+/t20-,28-/m0/s1. The van der Waals surface area contributed by atoms with Gasteiger partial charge in [0.05, 0.1) is 18.0 Å². The van der Waals surface area contributed by atoms with E-state index in [1.807, 2.05) is 31.2 Å². The number of halogens is 1. The van der Waals surface area contributed by atoms with E-state index in [-0.39, 0.29) is 25.0 Å². The first-order valence-corrected chi connectivity index (χ1v) is 13.0. The average molecular weight is 582 g/mol. The Morgan fingerprint density at radius 1 is 1.05 bits per heavy atom. The lowest BCUT2D eigenvalue weighted by molar-refractivity contribution is -0.111. The summed E-state index contributed by atoms with van der Waals surface area (Å²) in [6, 6.07) is 21.5. The summed E-state index contributed by atoms with van der Waals surface area (Å²) in [5.74, 6) is 0.213. The van der Waals surface area contributed by atoms with E-state index < -0.39 is 12.2 Å². The van der Waals surface area contributed by atoms with E-state index in [2.05, 4.69) is 26.6 Å². The molecule has 3 rings (SSSR count). The maximum Gasteiger partial charge on any atom is 0.412 e. The first-order chi connectivity index (χ1) is 18.4. The van der Waals surface area contributed by atoms with Gasteiger partial charge in [0, 0.05) is 10.2 Å². The molecule has 0 spiro atoms. The van der Waals surface area contributed by atoms with E-state index in [0.717, 1.165) is 10.0 Å². The summed E-state index contributed by atoms with van der Waals surface area (Å²) in [6.07, 6.45) is 3.34. The largest absolute Gasteiger partial charge is 0.491 e. The number of nitrogen functional groups attached to an aromatic ring is 1. The zero-order valence-corrected chi connectivity index (χ0v) is 22.7. The van der Waals surface area contributed by atoms with E-state index in [4.69, 9.17) is 20.3 Å². The molecule has 3 aromatic carbocycles. The van der Waals surface area contributed by atoms with Crippen molar-refractivity contribution in [2.75, 3.05) is 29.6 Å². The fourth-order valence-corrected chi connectivity index (χ4v) is 4.00. The quantitative estimate of drug-likeness (QED) is 0.147. The Bertz CT molecular complexity index is 1230. The second-order valence-electron chi connectivity index (χ2n) is 8.64. The van der Waals surface area contributed by atoms with Crippen LogP contribution in [0.1, 0.15) is 31.4 Å². The third kappa shape index (κ3) is 9.24. The molecule has 0 aliphatic carbocycles. The normalized spacial score (nSPS) is 12.5. The Labute approximate surface area is 231 Å². The number of benzene rings is 3. The van der Waals surface area contributed by atoms with Gasteiger partial charge in [-0.2, -0.15) is 0 Å². The molecule has 5 N–H and O–H groups in total. The summed E-state index contributed by atoms with van der Waals surface area (Å²) >= 11 is 3.38. The third-order valence-electron chi connectivity index (χ3n) is 5.66. The minimum Gasteiger partial charge on any atom is -0.491 e. The van der Waals surface area contributed by atoms with Crippen molar-refractivity contribution in [1.82, 2.24) is 0 Å². The predicted molar refractivity (Wildman–Crippen MR) is 153 cm³/mol. The van der Waals surface area contributed by atoms with Gasteiger partial charge in [0.2, 0.25) is 5.91 Å². The topological polar surface area (TPSA) is 123 Å². The molecule has 8 nitrogen and oxygen atoms in total. The molecule has 0 saturated carbocycles. The lowest BCUT2D eigenvalue weighted by Gasteiger charge is -2.25. The number of amides is 2. The van der Waals surface area contributed by atoms with Crippen molar-refractivity contribution >= 4 is 45.0 Å². The van der Waals surface area contributed by atoms with Crippen LogP contribution in [0.3, 0.4) is 0 Å². The van der Waals surface area contributed by atoms with Crippen molar-refractivity contribution in [3.05, 3.63) is 95.0 Å². The van der Waals surface area contributed by atoms with Crippen molar-refractivity contribution in [1.29, 1.82) is 0 Å². The number of hydrogen-bond donors (Lipinski definition) is 4. The number of carbonyl (C=O) groups is 2. The lowest BCUT2D eigenvalue weighted by Crippen LogP contribution is -2.22. The Morgan fingerprint density at radius 3 is 2.55 bits per heavy atom. The molecule has 9 heteroatoms. The van der Waals surface area contributed by atoms with Gasteiger partial charge in [0.25, 0.3) is 0 Å². The summed E-state index contributed by atoms with van der Waals surface area (Å²) < 4.78 is 12.3. The number of nitrogens with one attached hydrogen (secondary N) is 2. The Morgan fingerprint density at radius 2 is 1.82 bits per heavy atom. The van der Waals surface area contributed by atoms with E-state index in [0.29, 0.717) is 35.7 Å². The molecular formula is C29H32BrN3O5. The zero-order valence-electron chi connectivity index (χ0n) is 21.1. The van der Waals surface area contributed by atoms with Crippen molar-refractivity contribution in [3.8, 4) is 5.75 Å². The van der Waals surface area contributed by atoms with Crippen LogP contribution in [0.4, 0.5) is 21.9 Å². The summed E-state index contributed by atoms with van der Waals surface area (Å²) in [7, 11) is 0. The highest BCUT2D eigenvalue weighted by Crippen LogP contribution is 2.32. The number of ether oxygens (including phenoxy) is 2. The Balaban J connectivity index is 1.65. The van der Waals surface area contributed by atoms with Crippen molar-refractivity contribution < 1.29 is 24.2 Å². The monoisotopic (exact) mass is 581 g/mol. The minimum absolute atomic E-state index is 0.0868. The van der Waals surface area contributed by atoms with Crippen LogP contribution in [0.2, 0.25) is 0 Å². The van der Waals surface area contributed by atoms with Gasteiger partial charge in [-0.25, -0.2) is 4.79 Å². The third-order valence-corrected chi connectivity index (χ3v) is 6.19. The Kier molecular flexibility index (Phi) is 11.2. The summed E-state index contributed by atoms with van der Waals surface area (Å²) in [5.41, 5.74) is 8.30. The molecule has 0 bridgehead atoms. The summed E-state index contributed by atoms with van der Waals surface area (Å²) in [6.45, 7) is 2.04. The fourth-order valence-electron chi connectivity index (χ4n) is 3.74. The molecule has 0 heterocycles. The van der Waals surface area contributed by atoms with Crippen LogP contribution in [0.5, 0.6) is 5.75 Å².